The summed E-state index contributed by atoms with van der Waals surface area (Å²) in [6.07, 6.45) is -9.58. The zero-order chi connectivity index (χ0) is 46.8. The molecule has 6 aromatic carbocycles. The molecule has 0 saturated carbocycles. The van der Waals surface area contributed by atoms with Gasteiger partial charge in [0.2, 0.25) is 0 Å². The Morgan fingerprint density at radius 1 is 0.515 bits per heavy atom. The fraction of sp³-hybridized carbons (Fsp3) is 0.309. The average molecular weight is 938 g/mol. The Morgan fingerprint density at radius 2 is 0.956 bits per heavy atom. The molecular formula is C55H55NO11S. The van der Waals surface area contributed by atoms with Crippen LogP contribution in [0.25, 0.3) is 0 Å². The quantitative estimate of drug-likeness (QED) is 0.0763. The van der Waals surface area contributed by atoms with Crippen LogP contribution in [-0.4, -0.2) is 101 Å². The van der Waals surface area contributed by atoms with Crippen LogP contribution in [-0.2, 0) is 59.6 Å². The van der Waals surface area contributed by atoms with Gasteiger partial charge in [0.05, 0.1) is 50.8 Å². The molecule has 6 aromatic rings. The van der Waals surface area contributed by atoms with Crippen LogP contribution in [0.3, 0.4) is 0 Å². The number of hydrogen-bond donors (Lipinski definition) is 2. The number of ether oxygens (including phenoxy) is 7. The maximum atomic E-state index is 14.3. The van der Waals surface area contributed by atoms with E-state index in [9.17, 15) is 19.8 Å². The summed E-state index contributed by atoms with van der Waals surface area (Å²) >= 11 is 1.28. The van der Waals surface area contributed by atoms with Crippen molar-refractivity contribution in [2.24, 2.45) is 0 Å². The molecule has 0 bridgehead atoms. The lowest BCUT2D eigenvalue weighted by Gasteiger charge is -2.49. The van der Waals surface area contributed by atoms with Crippen molar-refractivity contribution in [3.8, 4) is 0 Å². The molecule has 3 heterocycles. The summed E-state index contributed by atoms with van der Waals surface area (Å²) in [6, 6.07) is 51.8. The number of thioether (sulfide) groups is 1. The lowest BCUT2D eigenvalue weighted by molar-refractivity contribution is -0.346. The second-order valence-electron chi connectivity index (χ2n) is 17.1. The first-order valence-electron chi connectivity index (χ1n) is 22.9. The van der Waals surface area contributed by atoms with Crippen molar-refractivity contribution in [3.63, 3.8) is 0 Å². The van der Waals surface area contributed by atoms with Crippen LogP contribution >= 0.6 is 11.8 Å². The molecule has 2 N–H and O–H groups in total. The molecular weight excluding hydrogens is 883 g/mol. The number of aliphatic hydroxyl groups is 2. The van der Waals surface area contributed by atoms with Crippen LogP contribution in [0.4, 0.5) is 0 Å². The first-order chi connectivity index (χ1) is 33.3. The molecule has 68 heavy (non-hydrogen) atoms. The molecule has 3 aliphatic heterocycles. The normalized spacial score (nSPS) is 25.9. The minimum absolute atomic E-state index is 0.0202. The fourth-order valence-electron chi connectivity index (χ4n) is 8.77. The van der Waals surface area contributed by atoms with Crippen LogP contribution in [0, 0.1) is 6.92 Å². The van der Waals surface area contributed by atoms with Crippen molar-refractivity contribution in [2.45, 2.75) is 98.7 Å². The van der Waals surface area contributed by atoms with Gasteiger partial charge in [-0.05, 0) is 53.4 Å². The summed E-state index contributed by atoms with van der Waals surface area (Å²) in [7, 11) is 0. The van der Waals surface area contributed by atoms with Gasteiger partial charge in [-0.3, -0.25) is 14.5 Å². The van der Waals surface area contributed by atoms with Crippen LogP contribution in [0.5, 0.6) is 0 Å². The van der Waals surface area contributed by atoms with Gasteiger partial charge in [-0.2, -0.15) is 0 Å². The summed E-state index contributed by atoms with van der Waals surface area (Å²) in [5.41, 5.74) is 4.16. The van der Waals surface area contributed by atoms with Crippen molar-refractivity contribution in [1.29, 1.82) is 0 Å². The Balaban J connectivity index is 1.06. The molecule has 13 heteroatoms. The van der Waals surface area contributed by atoms with E-state index in [1.807, 2.05) is 153 Å². The number of hydrogen-bond acceptors (Lipinski definition) is 12. The van der Waals surface area contributed by atoms with E-state index in [1.54, 1.807) is 24.3 Å². The van der Waals surface area contributed by atoms with Gasteiger partial charge in [0.25, 0.3) is 11.8 Å². The van der Waals surface area contributed by atoms with E-state index in [0.29, 0.717) is 0 Å². The molecule has 352 valence electrons. The number of fused-ring (bicyclic) bond motifs is 1. The lowest BCUT2D eigenvalue weighted by Crippen LogP contribution is -2.67. The van der Waals surface area contributed by atoms with Gasteiger partial charge in [-0.25, -0.2) is 0 Å². The van der Waals surface area contributed by atoms with E-state index in [1.165, 1.54) is 11.8 Å². The van der Waals surface area contributed by atoms with Gasteiger partial charge in [-0.15, -0.1) is 0 Å². The number of aryl methyl sites for hydroxylation is 1. The average Bonchev–Trinajstić information content (AvgIpc) is 3.62. The van der Waals surface area contributed by atoms with Crippen molar-refractivity contribution in [2.75, 3.05) is 13.2 Å². The Bertz CT molecular complexity index is 2500. The molecule has 3 aliphatic rings. The summed E-state index contributed by atoms with van der Waals surface area (Å²) in [5.74, 6) is -1.13. The van der Waals surface area contributed by atoms with E-state index in [2.05, 4.69) is 0 Å². The molecule has 0 unspecified atom stereocenters. The van der Waals surface area contributed by atoms with E-state index in [-0.39, 0.29) is 50.8 Å². The number of carbonyl (C=O) groups is 2. The third-order valence-electron chi connectivity index (χ3n) is 12.3. The summed E-state index contributed by atoms with van der Waals surface area (Å²) in [4.78, 5) is 30.4. The molecule has 2 saturated heterocycles. The highest BCUT2D eigenvalue weighted by Crippen LogP contribution is 2.41. The summed E-state index contributed by atoms with van der Waals surface area (Å²) in [6.45, 7) is 2.74. The van der Waals surface area contributed by atoms with E-state index < -0.39 is 72.3 Å². The first kappa shape index (κ1) is 47.5. The van der Waals surface area contributed by atoms with Gasteiger partial charge in [0.1, 0.15) is 54.2 Å². The van der Waals surface area contributed by atoms with Crippen LogP contribution in [0.2, 0.25) is 0 Å². The maximum Gasteiger partial charge on any atom is 0.262 e. The highest BCUT2D eigenvalue weighted by Gasteiger charge is 2.56. The number of carbonyl (C=O) groups excluding carboxylic acids is 2. The maximum absolute atomic E-state index is 14.3. The summed E-state index contributed by atoms with van der Waals surface area (Å²) in [5, 5.41) is 25.4. The molecule has 9 rings (SSSR count). The highest BCUT2D eigenvalue weighted by molar-refractivity contribution is 7.99. The van der Waals surface area contributed by atoms with Gasteiger partial charge in [-0.1, -0.05) is 163 Å². The molecule has 2 amide bonds. The standard InChI is InChI=1S/C55H55NO11S/c1-36-26-28-41(29-27-36)68-55-46(56-52(59)42-24-14-15-25-43(42)53(56)60)47(57)49(44(66-55)34-61-30-37-16-6-2-7-17-37)67-54-48(58)51(64-33-40-22-12-5-13-23-40)50(63-32-39-20-10-4-11-21-39)45(65-54)35-62-31-38-18-8-3-9-19-38/h2-29,44-51,54-55,57-58H,30-35H2,1H3/t44-,45-,46-,47-,48-,49-,50+,51-,54+,55+/m1/s1. The molecule has 0 radical (unpaired) electrons. The number of amides is 2. The van der Waals surface area contributed by atoms with Crippen molar-refractivity contribution in [3.05, 3.63) is 209 Å². The predicted octanol–water partition coefficient (Wildman–Crippen LogP) is 7.91. The zero-order valence-electron chi connectivity index (χ0n) is 37.6. The minimum Gasteiger partial charge on any atom is -0.388 e. The SMILES string of the molecule is Cc1ccc(S[C@@H]2O[C@H](COCc3ccccc3)[C@@H](O[C@@H]3O[C@H](COCc4ccccc4)[C@H](OCc4ccccc4)[C@H](OCc4ccccc4)[C@H]3O)[C@H](O)[C@H]2N2C(=O)c3ccccc3C2=O)cc1. The monoisotopic (exact) mass is 937 g/mol. The molecule has 10 atom stereocenters. The highest BCUT2D eigenvalue weighted by atomic mass is 32.2. The number of nitrogens with zero attached hydrogens (tertiary/aromatic N) is 1. The Labute approximate surface area is 400 Å². The second kappa shape index (κ2) is 22.7. The molecule has 0 aliphatic carbocycles. The predicted molar refractivity (Wildman–Crippen MR) is 254 cm³/mol. The first-order valence-corrected chi connectivity index (χ1v) is 23.8. The van der Waals surface area contributed by atoms with Gasteiger partial charge < -0.3 is 43.4 Å². The molecule has 2 fully saturated rings. The fourth-order valence-corrected chi connectivity index (χ4v) is 9.95. The van der Waals surface area contributed by atoms with Crippen molar-refractivity contribution in [1.82, 2.24) is 4.90 Å². The van der Waals surface area contributed by atoms with Crippen LogP contribution in [0.1, 0.15) is 48.5 Å². The molecule has 0 aromatic heterocycles. The van der Waals surface area contributed by atoms with Crippen LogP contribution < -0.4 is 0 Å². The van der Waals surface area contributed by atoms with Crippen molar-refractivity contribution < 1.29 is 53.0 Å². The van der Waals surface area contributed by atoms with Gasteiger partial charge >= 0.3 is 0 Å². The minimum atomic E-state index is -1.57. The summed E-state index contributed by atoms with van der Waals surface area (Å²) < 4.78 is 46.3. The lowest BCUT2D eigenvalue weighted by atomic mass is 9.95. The number of benzene rings is 6. The van der Waals surface area contributed by atoms with Gasteiger partial charge in [0, 0.05) is 4.90 Å². The topological polar surface area (TPSA) is 142 Å². The number of imide groups is 1. The van der Waals surface area contributed by atoms with Crippen molar-refractivity contribution >= 4 is 23.6 Å². The van der Waals surface area contributed by atoms with E-state index in [0.717, 1.165) is 37.6 Å². The number of aliphatic hydroxyl groups excluding tert-OH is 2. The Kier molecular flexibility index (Phi) is 15.9. The third-order valence-corrected chi connectivity index (χ3v) is 13.5. The smallest absolute Gasteiger partial charge is 0.262 e. The van der Waals surface area contributed by atoms with E-state index >= 15 is 0 Å². The Morgan fingerprint density at radius 3 is 1.46 bits per heavy atom. The van der Waals surface area contributed by atoms with E-state index in [4.69, 9.17) is 33.2 Å². The number of rotatable bonds is 19. The van der Waals surface area contributed by atoms with Crippen LogP contribution in [0.15, 0.2) is 175 Å². The third kappa shape index (κ3) is 11.3. The zero-order valence-corrected chi connectivity index (χ0v) is 38.4. The Hall–Kier alpha value is -5.55. The molecule has 0 spiro atoms. The van der Waals surface area contributed by atoms with Gasteiger partial charge in [0.15, 0.2) is 6.29 Å². The second-order valence-corrected chi connectivity index (χ2v) is 18.3. The largest absolute Gasteiger partial charge is 0.388 e. The molecule has 12 nitrogen and oxygen atoms in total.